The third-order valence-corrected chi connectivity index (χ3v) is 3.39. The summed E-state index contributed by atoms with van der Waals surface area (Å²) >= 11 is 0. The Kier molecular flexibility index (Phi) is 7.06. The van der Waals surface area contributed by atoms with Crippen molar-refractivity contribution in [1.82, 2.24) is 4.90 Å². The SMILES string of the molecule is CC(C)N(CCCc1ccccc1OB(O)O)C(C)C. The molecule has 0 unspecified atom stereocenters. The minimum atomic E-state index is -1.76. The van der Waals surface area contributed by atoms with Crippen LogP contribution in [0.4, 0.5) is 0 Å². The fourth-order valence-corrected chi connectivity index (χ4v) is 2.50. The van der Waals surface area contributed by atoms with Crippen LogP contribution in [0.5, 0.6) is 5.75 Å². The van der Waals surface area contributed by atoms with Gasteiger partial charge in [-0.2, -0.15) is 0 Å². The van der Waals surface area contributed by atoms with Gasteiger partial charge in [0.2, 0.25) is 0 Å². The van der Waals surface area contributed by atoms with Gasteiger partial charge in [0.25, 0.3) is 0 Å². The molecule has 0 aliphatic heterocycles. The van der Waals surface area contributed by atoms with Gasteiger partial charge in [-0.05, 0) is 58.7 Å². The van der Waals surface area contributed by atoms with E-state index in [-0.39, 0.29) is 0 Å². The van der Waals surface area contributed by atoms with E-state index in [0.717, 1.165) is 24.9 Å². The zero-order valence-electron chi connectivity index (χ0n) is 12.9. The predicted molar refractivity (Wildman–Crippen MR) is 82.6 cm³/mol. The molecule has 0 spiro atoms. The van der Waals surface area contributed by atoms with Gasteiger partial charge in [-0.25, -0.2) is 0 Å². The highest BCUT2D eigenvalue weighted by Crippen LogP contribution is 2.20. The number of benzene rings is 1. The number of rotatable bonds is 8. The molecule has 0 bridgehead atoms. The molecule has 112 valence electrons. The molecule has 0 heterocycles. The van der Waals surface area contributed by atoms with Crippen LogP contribution in [0.2, 0.25) is 0 Å². The van der Waals surface area contributed by atoms with E-state index in [9.17, 15) is 0 Å². The molecule has 4 nitrogen and oxygen atoms in total. The molecule has 0 fully saturated rings. The van der Waals surface area contributed by atoms with Crippen molar-refractivity contribution in [2.24, 2.45) is 0 Å². The summed E-state index contributed by atoms with van der Waals surface area (Å²) in [6, 6.07) is 8.55. The Morgan fingerprint density at radius 2 is 1.70 bits per heavy atom. The van der Waals surface area contributed by atoms with Gasteiger partial charge < -0.3 is 14.7 Å². The van der Waals surface area contributed by atoms with E-state index in [1.807, 2.05) is 18.2 Å². The van der Waals surface area contributed by atoms with Crippen molar-refractivity contribution in [1.29, 1.82) is 0 Å². The minimum Gasteiger partial charge on any atom is -0.512 e. The van der Waals surface area contributed by atoms with Crippen molar-refractivity contribution in [2.75, 3.05) is 6.54 Å². The lowest BCUT2D eigenvalue weighted by Crippen LogP contribution is -2.37. The molecule has 1 aromatic carbocycles. The van der Waals surface area contributed by atoms with Crippen LogP contribution in [-0.2, 0) is 6.42 Å². The largest absolute Gasteiger partial charge is 0.707 e. The molecular formula is C15H26BNO3. The van der Waals surface area contributed by atoms with Gasteiger partial charge in [-0.1, -0.05) is 18.2 Å². The lowest BCUT2D eigenvalue weighted by atomic mass is 10.1. The quantitative estimate of drug-likeness (QED) is 0.715. The third-order valence-electron chi connectivity index (χ3n) is 3.39. The summed E-state index contributed by atoms with van der Waals surface area (Å²) in [4.78, 5) is 2.45. The van der Waals surface area contributed by atoms with Gasteiger partial charge in [0, 0.05) is 12.1 Å². The second-order valence-corrected chi connectivity index (χ2v) is 5.58. The maximum absolute atomic E-state index is 8.91. The fraction of sp³-hybridized carbons (Fsp3) is 0.600. The number of aryl methyl sites for hydroxylation is 1. The third kappa shape index (κ3) is 5.53. The van der Waals surface area contributed by atoms with Crippen molar-refractivity contribution in [2.45, 2.75) is 52.6 Å². The normalized spacial score (nSPS) is 11.4. The molecule has 0 saturated heterocycles. The topological polar surface area (TPSA) is 52.9 Å². The van der Waals surface area contributed by atoms with E-state index in [4.69, 9.17) is 14.7 Å². The number of nitrogens with zero attached hydrogens (tertiary/aromatic N) is 1. The van der Waals surface area contributed by atoms with E-state index < -0.39 is 7.32 Å². The maximum atomic E-state index is 8.91. The van der Waals surface area contributed by atoms with Crippen LogP contribution in [0, 0.1) is 0 Å². The average molecular weight is 279 g/mol. The Morgan fingerprint density at radius 1 is 1.10 bits per heavy atom. The molecule has 2 N–H and O–H groups in total. The van der Waals surface area contributed by atoms with Crippen LogP contribution >= 0.6 is 0 Å². The first-order valence-electron chi connectivity index (χ1n) is 7.28. The number of para-hydroxylation sites is 1. The first-order valence-corrected chi connectivity index (χ1v) is 7.28. The van der Waals surface area contributed by atoms with E-state index in [0.29, 0.717) is 17.8 Å². The van der Waals surface area contributed by atoms with Gasteiger partial charge in [0.15, 0.2) is 0 Å². The van der Waals surface area contributed by atoms with Crippen LogP contribution in [0.3, 0.4) is 0 Å². The summed E-state index contributed by atoms with van der Waals surface area (Å²) in [6.07, 6.45) is 1.87. The van der Waals surface area contributed by atoms with Crippen molar-refractivity contribution in [3.05, 3.63) is 29.8 Å². The molecule has 0 aromatic heterocycles. The van der Waals surface area contributed by atoms with Gasteiger partial charge in [-0.3, -0.25) is 4.90 Å². The van der Waals surface area contributed by atoms with E-state index in [2.05, 4.69) is 32.6 Å². The second kappa shape index (κ2) is 8.30. The zero-order valence-corrected chi connectivity index (χ0v) is 12.9. The smallest absolute Gasteiger partial charge is 0.512 e. The Labute approximate surface area is 122 Å². The Hall–Kier alpha value is -1.04. The van der Waals surface area contributed by atoms with Crippen molar-refractivity contribution >= 4 is 7.32 Å². The van der Waals surface area contributed by atoms with Gasteiger partial charge in [0.1, 0.15) is 5.75 Å². The highest BCUT2D eigenvalue weighted by molar-refractivity contribution is 6.33. The van der Waals surface area contributed by atoms with Crippen LogP contribution in [0.15, 0.2) is 24.3 Å². The van der Waals surface area contributed by atoms with Crippen molar-refractivity contribution < 1.29 is 14.7 Å². The molecule has 1 aromatic rings. The molecule has 1 rings (SSSR count). The molecule has 0 saturated carbocycles. The average Bonchev–Trinajstić information content (AvgIpc) is 2.34. The molecule has 0 atom stereocenters. The monoisotopic (exact) mass is 279 g/mol. The van der Waals surface area contributed by atoms with Gasteiger partial charge in [-0.15, -0.1) is 0 Å². The summed E-state index contributed by atoms with van der Waals surface area (Å²) in [7, 11) is -1.76. The number of hydrogen-bond donors (Lipinski definition) is 2. The van der Waals surface area contributed by atoms with Gasteiger partial charge >= 0.3 is 7.32 Å². The first-order chi connectivity index (χ1) is 9.41. The van der Waals surface area contributed by atoms with Gasteiger partial charge in [0.05, 0.1) is 0 Å². The van der Waals surface area contributed by atoms with E-state index in [1.54, 1.807) is 6.07 Å². The maximum Gasteiger partial charge on any atom is 0.707 e. The molecule has 0 amide bonds. The highest BCUT2D eigenvalue weighted by atomic mass is 16.6. The second-order valence-electron chi connectivity index (χ2n) is 5.58. The summed E-state index contributed by atoms with van der Waals surface area (Å²) in [6.45, 7) is 9.85. The van der Waals surface area contributed by atoms with E-state index in [1.165, 1.54) is 0 Å². The molecule has 5 heteroatoms. The predicted octanol–water partition coefficient (Wildman–Crippen LogP) is 2.09. The fourth-order valence-electron chi connectivity index (χ4n) is 2.50. The molecule has 0 aliphatic carbocycles. The van der Waals surface area contributed by atoms with Crippen LogP contribution in [0.1, 0.15) is 39.7 Å². The molecule has 20 heavy (non-hydrogen) atoms. The summed E-state index contributed by atoms with van der Waals surface area (Å²) in [5.74, 6) is 0.545. The first kappa shape index (κ1) is 17.0. The summed E-state index contributed by atoms with van der Waals surface area (Å²) < 4.78 is 5.00. The Balaban J connectivity index is 2.57. The Morgan fingerprint density at radius 3 is 2.25 bits per heavy atom. The molecular weight excluding hydrogens is 253 g/mol. The van der Waals surface area contributed by atoms with Crippen LogP contribution in [-0.4, -0.2) is 40.9 Å². The molecule has 0 aliphatic rings. The zero-order chi connectivity index (χ0) is 15.1. The summed E-state index contributed by atoms with van der Waals surface area (Å²) in [5.41, 5.74) is 1.01. The molecule has 0 radical (unpaired) electrons. The lowest BCUT2D eigenvalue weighted by molar-refractivity contribution is 0.173. The van der Waals surface area contributed by atoms with Crippen molar-refractivity contribution in [3.63, 3.8) is 0 Å². The highest BCUT2D eigenvalue weighted by Gasteiger charge is 2.15. The standard InChI is InChI=1S/C15H26BNO3/c1-12(2)17(13(3)4)11-7-9-14-8-5-6-10-15(14)20-16(18)19/h5-6,8,10,12-13,18-19H,7,9,11H2,1-4H3. The Bertz CT molecular complexity index is 388. The van der Waals surface area contributed by atoms with Crippen molar-refractivity contribution in [3.8, 4) is 5.75 Å². The van der Waals surface area contributed by atoms with E-state index >= 15 is 0 Å². The minimum absolute atomic E-state index is 0.528. The van der Waals surface area contributed by atoms with Crippen LogP contribution < -0.4 is 4.65 Å². The summed E-state index contributed by atoms with van der Waals surface area (Å²) in [5, 5.41) is 17.8. The number of hydrogen-bond acceptors (Lipinski definition) is 4. The van der Waals surface area contributed by atoms with Crippen LogP contribution in [0.25, 0.3) is 0 Å². The lowest BCUT2D eigenvalue weighted by Gasteiger charge is -2.30.